The maximum Gasteiger partial charge on any atom is 0.238 e. The van der Waals surface area contributed by atoms with Crippen LogP contribution in [-0.4, -0.2) is 20.1 Å². The van der Waals surface area contributed by atoms with Gasteiger partial charge in [0.05, 0.1) is 4.90 Å². The molecule has 0 fully saturated rings. The molecule has 1 aromatic rings. The van der Waals surface area contributed by atoms with E-state index in [1.807, 2.05) is 0 Å². The van der Waals surface area contributed by atoms with Crippen LogP contribution in [0.15, 0.2) is 29.2 Å². The highest BCUT2D eigenvalue weighted by Crippen LogP contribution is 2.08. The van der Waals surface area contributed by atoms with E-state index in [0.717, 1.165) is 5.56 Å². The van der Waals surface area contributed by atoms with Crippen LogP contribution < -0.4 is 21.7 Å². The summed E-state index contributed by atoms with van der Waals surface area (Å²) in [5, 5.41) is 8.23. The fourth-order valence-electron chi connectivity index (χ4n) is 1.22. The second kappa shape index (κ2) is 5.92. The normalized spacial score (nSPS) is 10.9. The van der Waals surface area contributed by atoms with Crippen LogP contribution in [-0.2, 0) is 16.4 Å². The first-order valence-electron chi connectivity index (χ1n) is 4.79. The molecule has 0 spiro atoms. The zero-order valence-corrected chi connectivity index (χ0v) is 10.6. The van der Waals surface area contributed by atoms with Crippen LogP contribution in [0.2, 0.25) is 0 Å². The Bertz CT molecular complexity index is 484. The van der Waals surface area contributed by atoms with Crippen LogP contribution >= 0.6 is 12.2 Å². The first-order chi connectivity index (χ1) is 7.93. The average Bonchev–Trinajstić information content (AvgIpc) is 2.28. The first kappa shape index (κ1) is 13.8. The molecule has 0 aliphatic carbocycles. The number of primary sulfonamides is 1. The lowest BCUT2D eigenvalue weighted by atomic mass is 10.1. The van der Waals surface area contributed by atoms with E-state index in [0.29, 0.717) is 18.1 Å². The van der Waals surface area contributed by atoms with Crippen molar-refractivity contribution in [3.05, 3.63) is 29.8 Å². The standard InChI is InChI=1S/C9H14N4O2S2/c10-13-9(16)12-6-5-7-1-3-8(4-2-7)17(11,14)15/h1-4H,5-6,10H2,(H2,11,14,15)(H2,12,13,16). The Morgan fingerprint density at radius 3 is 2.35 bits per heavy atom. The highest BCUT2D eigenvalue weighted by molar-refractivity contribution is 7.89. The topological polar surface area (TPSA) is 110 Å². The number of nitrogens with two attached hydrogens (primary N) is 2. The van der Waals surface area contributed by atoms with Gasteiger partial charge in [-0.15, -0.1) is 0 Å². The third-order valence-electron chi connectivity index (χ3n) is 2.08. The van der Waals surface area contributed by atoms with Crippen molar-refractivity contribution >= 4 is 27.4 Å². The van der Waals surface area contributed by atoms with Gasteiger partial charge >= 0.3 is 0 Å². The molecule has 0 atom stereocenters. The summed E-state index contributed by atoms with van der Waals surface area (Å²) >= 11 is 4.80. The predicted octanol–water partition coefficient (Wildman–Crippen LogP) is -0.786. The summed E-state index contributed by atoms with van der Waals surface area (Å²) in [5.41, 5.74) is 3.28. The first-order valence-corrected chi connectivity index (χ1v) is 6.75. The fourth-order valence-corrected chi connectivity index (χ4v) is 1.83. The second-order valence-corrected chi connectivity index (χ2v) is 5.31. The van der Waals surface area contributed by atoms with Crippen molar-refractivity contribution in [2.45, 2.75) is 11.3 Å². The summed E-state index contributed by atoms with van der Waals surface area (Å²) in [6, 6.07) is 6.37. The minimum absolute atomic E-state index is 0.105. The zero-order chi connectivity index (χ0) is 12.9. The van der Waals surface area contributed by atoms with E-state index in [9.17, 15) is 8.42 Å². The predicted molar refractivity (Wildman–Crippen MR) is 69.4 cm³/mol. The van der Waals surface area contributed by atoms with Gasteiger partial charge in [-0.2, -0.15) is 0 Å². The van der Waals surface area contributed by atoms with Gasteiger partial charge in [0.1, 0.15) is 0 Å². The van der Waals surface area contributed by atoms with Gasteiger partial charge in [0, 0.05) is 6.54 Å². The highest BCUT2D eigenvalue weighted by atomic mass is 32.2. The molecule has 8 heteroatoms. The van der Waals surface area contributed by atoms with E-state index in [1.165, 1.54) is 12.1 Å². The van der Waals surface area contributed by atoms with Crippen molar-refractivity contribution in [1.82, 2.24) is 10.7 Å². The van der Waals surface area contributed by atoms with Gasteiger partial charge < -0.3 is 10.7 Å². The SMILES string of the molecule is NNC(=S)NCCc1ccc(S(N)(=O)=O)cc1. The molecule has 0 aromatic heterocycles. The van der Waals surface area contributed by atoms with Crippen LogP contribution in [0.25, 0.3) is 0 Å². The molecule has 6 nitrogen and oxygen atoms in total. The summed E-state index contributed by atoms with van der Waals surface area (Å²) in [6.45, 7) is 0.609. The lowest BCUT2D eigenvalue weighted by Crippen LogP contribution is -2.40. The molecule has 0 amide bonds. The van der Waals surface area contributed by atoms with Crippen molar-refractivity contribution < 1.29 is 8.42 Å². The van der Waals surface area contributed by atoms with Gasteiger partial charge in [-0.1, -0.05) is 12.1 Å². The number of hydrogen-bond donors (Lipinski definition) is 4. The molecule has 0 radical (unpaired) electrons. The van der Waals surface area contributed by atoms with Gasteiger partial charge in [0.25, 0.3) is 0 Å². The molecule has 6 N–H and O–H groups in total. The molecule has 0 unspecified atom stereocenters. The van der Waals surface area contributed by atoms with Crippen molar-refractivity contribution in [2.24, 2.45) is 11.0 Å². The van der Waals surface area contributed by atoms with Crippen molar-refractivity contribution in [3.8, 4) is 0 Å². The molecule has 0 bridgehead atoms. The quantitative estimate of drug-likeness (QED) is 0.325. The van der Waals surface area contributed by atoms with Gasteiger partial charge in [0.2, 0.25) is 10.0 Å². The molecular weight excluding hydrogens is 260 g/mol. The highest BCUT2D eigenvalue weighted by Gasteiger charge is 2.06. The molecule has 1 rings (SSSR count). The van der Waals surface area contributed by atoms with Crippen molar-refractivity contribution in [3.63, 3.8) is 0 Å². The van der Waals surface area contributed by atoms with E-state index < -0.39 is 10.0 Å². The van der Waals surface area contributed by atoms with Crippen LogP contribution in [0.4, 0.5) is 0 Å². The minimum atomic E-state index is -3.62. The van der Waals surface area contributed by atoms with Crippen molar-refractivity contribution in [1.29, 1.82) is 0 Å². The molecule has 0 heterocycles. The third-order valence-corrected chi connectivity index (χ3v) is 3.27. The number of hydrogen-bond acceptors (Lipinski definition) is 4. The van der Waals surface area contributed by atoms with E-state index in [2.05, 4.69) is 10.7 Å². The summed E-state index contributed by atoms with van der Waals surface area (Å²) in [5.74, 6) is 5.08. The van der Waals surface area contributed by atoms with Crippen LogP contribution in [0.5, 0.6) is 0 Å². The third kappa shape index (κ3) is 4.65. The van der Waals surface area contributed by atoms with Crippen molar-refractivity contribution in [2.75, 3.05) is 6.54 Å². The summed E-state index contributed by atoms with van der Waals surface area (Å²) < 4.78 is 22.0. The maximum atomic E-state index is 11.0. The Kier molecular flexibility index (Phi) is 4.82. The number of thiocarbonyl (C=S) groups is 1. The lowest BCUT2D eigenvalue weighted by molar-refractivity contribution is 0.598. The molecule has 0 aliphatic rings. The second-order valence-electron chi connectivity index (χ2n) is 3.34. The van der Waals surface area contributed by atoms with E-state index in [4.69, 9.17) is 23.2 Å². The largest absolute Gasteiger partial charge is 0.361 e. The Morgan fingerprint density at radius 2 is 1.88 bits per heavy atom. The summed E-state index contributed by atoms with van der Waals surface area (Å²) in [7, 11) is -3.62. The monoisotopic (exact) mass is 274 g/mol. The van der Waals surface area contributed by atoms with Crippen LogP contribution in [0, 0.1) is 0 Å². The minimum Gasteiger partial charge on any atom is -0.361 e. The van der Waals surface area contributed by atoms with Gasteiger partial charge in [0.15, 0.2) is 5.11 Å². The maximum absolute atomic E-state index is 11.0. The molecule has 0 aliphatic heterocycles. The molecule has 17 heavy (non-hydrogen) atoms. The molecular formula is C9H14N4O2S2. The van der Waals surface area contributed by atoms with E-state index >= 15 is 0 Å². The molecule has 0 saturated heterocycles. The Balaban J connectivity index is 2.55. The van der Waals surface area contributed by atoms with Crippen LogP contribution in [0.1, 0.15) is 5.56 Å². The fraction of sp³-hybridized carbons (Fsp3) is 0.222. The van der Waals surface area contributed by atoms with E-state index in [1.54, 1.807) is 12.1 Å². The zero-order valence-electron chi connectivity index (χ0n) is 9.01. The van der Waals surface area contributed by atoms with E-state index in [-0.39, 0.29) is 4.90 Å². The Labute approximate surface area is 105 Å². The summed E-state index contributed by atoms with van der Waals surface area (Å²) in [4.78, 5) is 0.105. The smallest absolute Gasteiger partial charge is 0.238 e. The number of hydrazine groups is 1. The van der Waals surface area contributed by atoms with Crippen LogP contribution in [0.3, 0.4) is 0 Å². The molecule has 1 aromatic carbocycles. The van der Waals surface area contributed by atoms with Gasteiger partial charge in [-0.3, -0.25) is 0 Å². The lowest BCUT2D eigenvalue weighted by Gasteiger charge is -2.06. The van der Waals surface area contributed by atoms with Gasteiger partial charge in [-0.05, 0) is 36.3 Å². The Hall–Kier alpha value is -1.22. The number of rotatable bonds is 4. The number of nitrogens with one attached hydrogen (secondary N) is 2. The number of sulfonamides is 1. The molecule has 94 valence electrons. The summed E-state index contributed by atoms with van der Waals surface area (Å²) in [6.07, 6.45) is 0.701. The Morgan fingerprint density at radius 1 is 1.29 bits per heavy atom. The number of benzene rings is 1. The molecule has 0 saturated carbocycles. The van der Waals surface area contributed by atoms with Gasteiger partial charge in [-0.25, -0.2) is 19.4 Å². The average molecular weight is 274 g/mol.